The topological polar surface area (TPSA) is 50.2 Å². The summed E-state index contributed by atoms with van der Waals surface area (Å²) in [7, 11) is 0. The van der Waals surface area contributed by atoms with E-state index in [1.165, 1.54) is 0 Å². The molecule has 0 aliphatic heterocycles. The Balaban J connectivity index is 2.12. The Hall–Kier alpha value is -1.74. The first-order valence-corrected chi connectivity index (χ1v) is 6.31. The number of carbonyl (C=O) groups is 1. The van der Waals surface area contributed by atoms with Gasteiger partial charge in [0.2, 0.25) is 0 Å². The number of pyridine rings is 1. The largest absolute Gasteiger partial charge is 0.382 e. The van der Waals surface area contributed by atoms with E-state index in [0.717, 1.165) is 23.6 Å². The average molecular weight is 241 g/mol. The van der Waals surface area contributed by atoms with Crippen LogP contribution < -0.4 is 0 Å². The number of carbonyl (C=O) groups excluding carboxylic acids is 1. The monoisotopic (exact) mass is 241 g/mol. The summed E-state index contributed by atoms with van der Waals surface area (Å²) < 4.78 is 0. The number of rotatable bonds is 2. The van der Waals surface area contributed by atoms with E-state index in [2.05, 4.69) is 4.98 Å². The molecule has 3 nitrogen and oxygen atoms in total. The SMILES string of the molecule is O=C(c1cncc2ccccc12)C1(O)CCCC1. The van der Waals surface area contributed by atoms with Crippen LogP contribution in [0.2, 0.25) is 0 Å². The molecular formula is C15H15NO2. The highest BCUT2D eigenvalue weighted by molar-refractivity contribution is 6.11. The molecule has 0 radical (unpaired) electrons. The van der Waals surface area contributed by atoms with Gasteiger partial charge >= 0.3 is 0 Å². The van der Waals surface area contributed by atoms with Gasteiger partial charge in [-0.1, -0.05) is 24.3 Å². The van der Waals surface area contributed by atoms with Gasteiger partial charge in [-0.05, 0) is 31.1 Å². The van der Waals surface area contributed by atoms with Crippen molar-refractivity contribution in [3.63, 3.8) is 0 Å². The summed E-state index contributed by atoms with van der Waals surface area (Å²) in [6, 6.07) is 7.65. The number of ketones is 1. The lowest BCUT2D eigenvalue weighted by atomic mass is 9.90. The van der Waals surface area contributed by atoms with Crippen molar-refractivity contribution in [1.82, 2.24) is 4.98 Å². The van der Waals surface area contributed by atoms with Gasteiger partial charge in [0.05, 0.1) is 0 Å². The van der Waals surface area contributed by atoms with Crippen molar-refractivity contribution in [2.24, 2.45) is 0 Å². The molecule has 2 aromatic rings. The Labute approximate surface area is 105 Å². The average Bonchev–Trinajstić information content (AvgIpc) is 2.85. The number of Topliss-reactive ketones (excluding diaryl/α,β-unsaturated/α-hetero) is 1. The fourth-order valence-electron chi connectivity index (χ4n) is 2.74. The van der Waals surface area contributed by atoms with Crippen LogP contribution in [0.25, 0.3) is 10.8 Å². The van der Waals surface area contributed by atoms with E-state index in [1.807, 2.05) is 24.3 Å². The summed E-state index contributed by atoms with van der Waals surface area (Å²) in [5, 5.41) is 12.2. The zero-order valence-electron chi connectivity index (χ0n) is 10.1. The number of nitrogens with zero attached hydrogens (tertiary/aromatic N) is 1. The maximum atomic E-state index is 12.5. The summed E-state index contributed by atoms with van der Waals surface area (Å²) in [6.45, 7) is 0. The number of fused-ring (bicyclic) bond motifs is 1. The molecule has 1 aliphatic carbocycles. The number of aliphatic hydroxyl groups is 1. The van der Waals surface area contributed by atoms with Crippen molar-refractivity contribution in [2.75, 3.05) is 0 Å². The normalized spacial score (nSPS) is 18.1. The van der Waals surface area contributed by atoms with E-state index in [-0.39, 0.29) is 5.78 Å². The fourth-order valence-corrected chi connectivity index (χ4v) is 2.74. The van der Waals surface area contributed by atoms with Crippen molar-refractivity contribution >= 4 is 16.6 Å². The van der Waals surface area contributed by atoms with Crippen LogP contribution in [0.5, 0.6) is 0 Å². The molecule has 1 aromatic carbocycles. The standard InChI is InChI=1S/C15H15NO2/c17-14(15(18)7-3-4-8-15)13-10-16-9-11-5-1-2-6-12(11)13/h1-2,5-6,9-10,18H,3-4,7-8H2. The van der Waals surface area contributed by atoms with E-state index in [1.54, 1.807) is 12.4 Å². The predicted octanol–water partition coefficient (Wildman–Crippen LogP) is 2.72. The highest BCUT2D eigenvalue weighted by atomic mass is 16.3. The lowest BCUT2D eigenvalue weighted by Crippen LogP contribution is -2.35. The minimum atomic E-state index is -1.17. The Morgan fingerprint density at radius 1 is 1.17 bits per heavy atom. The van der Waals surface area contributed by atoms with Crippen LogP contribution in [0.3, 0.4) is 0 Å². The molecule has 18 heavy (non-hydrogen) atoms. The quantitative estimate of drug-likeness (QED) is 0.822. The maximum Gasteiger partial charge on any atom is 0.196 e. The van der Waals surface area contributed by atoms with Crippen molar-refractivity contribution in [1.29, 1.82) is 0 Å². The van der Waals surface area contributed by atoms with Crippen LogP contribution in [0, 0.1) is 0 Å². The molecule has 0 atom stereocenters. The van der Waals surface area contributed by atoms with Gasteiger partial charge in [-0.15, -0.1) is 0 Å². The number of benzene rings is 1. The summed E-state index contributed by atoms with van der Waals surface area (Å²) in [5.41, 5.74) is -0.635. The first kappa shape index (κ1) is 11.4. The molecule has 1 N–H and O–H groups in total. The van der Waals surface area contributed by atoms with Crippen molar-refractivity contribution in [3.05, 3.63) is 42.2 Å². The molecule has 1 saturated carbocycles. The van der Waals surface area contributed by atoms with Crippen LogP contribution >= 0.6 is 0 Å². The third-order valence-electron chi connectivity index (χ3n) is 3.77. The van der Waals surface area contributed by atoms with Gasteiger partial charge in [-0.25, -0.2) is 0 Å². The van der Waals surface area contributed by atoms with E-state index in [4.69, 9.17) is 0 Å². The van der Waals surface area contributed by atoms with Gasteiger partial charge in [0.15, 0.2) is 5.78 Å². The van der Waals surface area contributed by atoms with Gasteiger partial charge in [0, 0.05) is 23.3 Å². The first-order valence-electron chi connectivity index (χ1n) is 6.31. The second-order valence-electron chi connectivity index (χ2n) is 4.98. The lowest BCUT2D eigenvalue weighted by Gasteiger charge is -2.20. The molecule has 0 bridgehead atoms. The summed E-state index contributed by atoms with van der Waals surface area (Å²) in [6.07, 6.45) is 6.27. The minimum absolute atomic E-state index is 0.177. The molecule has 0 amide bonds. The van der Waals surface area contributed by atoms with Gasteiger partial charge in [0.1, 0.15) is 5.60 Å². The van der Waals surface area contributed by atoms with Crippen LogP contribution in [-0.4, -0.2) is 21.5 Å². The summed E-state index contributed by atoms with van der Waals surface area (Å²) in [4.78, 5) is 16.6. The molecule has 3 rings (SSSR count). The lowest BCUT2D eigenvalue weighted by molar-refractivity contribution is 0.0354. The number of hydrogen-bond acceptors (Lipinski definition) is 3. The van der Waals surface area contributed by atoms with Gasteiger partial charge in [0.25, 0.3) is 0 Å². The molecule has 1 aliphatic rings. The fraction of sp³-hybridized carbons (Fsp3) is 0.333. The Bertz CT molecular complexity index is 595. The second-order valence-corrected chi connectivity index (χ2v) is 4.98. The van der Waals surface area contributed by atoms with E-state index in [0.29, 0.717) is 18.4 Å². The van der Waals surface area contributed by atoms with Crippen molar-refractivity contribution in [3.8, 4) is 0 Å². The van der Waals surface area contributed by atoms with Crippen molar-refractivity contribution < 1.29 is 9.90 Å². The van der Waals surface area contributed by atoms with E-state index < -0.39 is 5.60 Å². The molecule has 92 valence electrons. The van der Waals surface area contributed by atoms with Crippen LogP contribution in [-0.2, 0) is 0 Å². The molecule has 1 heterocycles. The van der Waals surface area contributed by atoms with Crippen LogP contribution in [0.4, 0.5) is 0 Å². The number of aromatic nitrogens is 1. The van der Waals surface area contributed by atoms with Crippen molar-refractivity contribution in [2.45, 2.75) is 31.3 Å². The Morgan fingerprint density at radius 2 is 1.89 bits per heavy atom. The van der Waals surface area contributed by atoms with E-state index in [9.17, 15) is 9.90 Å². The van der Waals surface area contributed by atoms with Gasteiger partial charge < -0.3 is 5.11 Å². The summed E-state index contributed by atoms with van der Waals surface area (Å²) >= 11 is 0. The molecule has 0 saturated heterocycles. The Kier molecular flexibility index (Phi) is 2.63. The van der Waals surface area contributed by atoms with Gasteiger partial charge in [-0.2, -0.15) is 0 Å². The zero-order valence-corrected chi connectivity index (χ0v) is 10.1. The third-order valence-corrected chi connectivity index (χ3v) is 3.77. The smallest absolute Gasteiger partial charge is 0.196 e. The predicted molar refractivity (Wildman–Crippen MR) is 69.5 cm³/mol. The highest BCUT2D eigenvalue weighted by Gasteiger charge is 2.39. The molecule has 0 spiro atoms. The molecule has 1 fully saturated rings. The maximum absolute atomic E-state index is 12.5. The first-order chi connectivity index (χ1) is 8.71. The molecule has 0 unspecified atom stereocenters. The molecule has 1 aromatic heterocycles. The molecule has 3 heteroatoms. The van der Waals surface area contributed by atoms with Crippen LogP contribution in [0.15, 0.2) is 36.7 Å². The second kappa shape index (κ2) is 4.18. The Morgan fingerprint density at radius 3 is 2.67 bits per heavy atom. The van der Waals surface area contributed by atoms with Gasteiger partial charge in [-0.3, -0.25) is 9.78 Å². The zero-order chi connectivity index (χ0) is 12.6. The highest BCUT2D eigenvalue weighted by Crippen LogP contribution is 2.33. The third kappa shape index (κ3) is 1.71. The molecular weight excluding hydrogens is 226 g/mol. The number of hydrogen-bond donors (Lipinski definition) is 1. The summed E-state index contributed by atoms with van der Waals surface area (Å²) in [5.74, 6) is -0.177. The van der Waals surface area contributed by atoms with Crippen LogP contribution in [0.1, 0.15) is 36.0 Å². The minimum Gasteiger partial charge on any atom is -0.382 e. The van der Waals surface area contributed by atoms with E-state index >= 15 is 0 Å².